The molecule has 0 atom stereocenters. The molecule has 1 aromatic heterocycles. The Kier molecular flexibility index (Phi) is 3.98. The van der Waals surface area contributed by atoms with Crippen molar-refractivity contribution in [1.82, 2.24) is 4.98 Å². The van der Waals surface area contributed by atoms with Crippen molar-refractivity contribution in [2.45, 2.75) is 4.90 Å². The molecule has 0 fully saturated rings. The minimum Gasteiger partial charge on any atom is -0.383 e. The maximum atomic E-state index is 12.2. The molecule has 0 bridgehead atoms. The molecular formula is C11H9BrClN3O2S. The Labute approximate surface area is 124 Å². The summed E-state index contributed by atoms with van der Waals surface area (Å²) in [6, 6.07) is 7.90. The first-order valence-corrected chi connectivity index (χ1v) is 7.74. The van der Waals surface area contributed by atoms with Gasteiger partial charge in [0.25, 0.3) is 10.0 Å². The summed E-state index contributed by atoms with van der Waals surface area (Å²) in [7, 11) is -3.84. The molecule has 19 heavy (non-hydrogen) atoms. The lowest BCUT2D eigenvalue weighted by Gasteiger charge is -2.10. The van der Waals surface area contributed by atoms with Crippen molar-refractivity contribution in [3.63, 3.8) is 0 Å². The topological polar surface area (TPSA) is 85.1 Å². The Balaban J connectivity index is 2.44. The van der Waals surface area contributed by atoms with E-state index in [1.807, 2.05) is 0 Å². The van der Waals surface area contributed by atoms with Crippen LogP contribution >= 0.6 is 27.5 Å². The highest BCUT2D eigenvalue weighted by molar-refractivity contribution is 9.10. The number of rotatable bonds is 3. The fourth-order valence-corrected chi connectivity index (χ4v) is 3.30. The van der Waals surface area contributed by atoms with Crippen molar-refractivity contribution in [2.24, 2.45) is 0 Å². The van der Waals surface area contributed by atoms with Gasteiger partial charge in [-0.05, 0) is 34.1 Å². The van der Waals surface area contributed by atoms with E-state index in [-0.39, 0.29) is 16.4 Å². The van der Waals surface area contributed by atoms with Crippen LogP contribution in [0.15, 0.2) is 45.9 Å². The summed E-state index contributed by atoms with van der Waals surface area (Å²) in [6.45, 7) is 0. The lowest BCUT2D eigenvalue weighted by Crippen LogP contribution is -2.15. The Bertz CT molecular complexity index is 722. The maximum absolute atomic E-state index is 12.2. The van der Waals surface area contributed by atoms with E-state index in [2.05, 4.69) is 25.6 Å². The molecule has 3 N–H and O–H groups in total. The van der Waals surface area contributed by atoms with Crippen LogP contribution in [0.4, 0.5) is 11.5 Å². The smallest absolute Gasteiger partial charge is 0.265 e. The van der Waals surface area contributed by atoms with Crippen molar-refractivity contribution in [1.29, 1.82) is 0 Å². The van der Waals surface area contributed by atoms with Crippen molar-refractivity contribution >= 4 is 49.1 Å². The second-order valence-electron chi connectivity index (χ2n) is 3.62. The molecule has 0 saturated carbocycles. The van der Waals surface area contributed by atoms with Crippen LogP contribution in [0.2, 0.25) is 5.02 Å². The summed E-state index contributed by atoms with van der Waals surface area (Å²) in [6.07, 6.45) is 1.42. The second kappa shape index (κ2) is 5.36. The monoisotopic (exact) mass is 361 g/mol. The molecule has 2 rings (SSSR count). The zero-order valence-electron chi connectivity index (χ0n) is 9.47. The number of nitrogens with one attached hydrogen (secondary N) is 1. The van der Waals surface area contributed by atoms with Gasteiger partial charge in [-0.1, -0.05) is 23.7 Å². The molecule has 100 valence electrons. The number of sulfonamides is 1. The van der Waals surface area contributed by atoms with Gasteiger partial charge in [-0.3, -0.25) is 4.72 Å². The van der Waals surface area contributed by atoms with Crippen LogP contribution in [0.1, 0.15) is 0 Å². The number of nitrogen functional groups attached to an aromatic ring is 1. The van der Waals surface area contributed by atoms with E-state index in [9.17, 15) is 8.42 Å². The van der Waals surface area contributed by atoms with Gasteiger partial charge in [0, 0.05) is 10.7 Å². The maximum Gasteiger partial charge on any atom is 0.265 e. The average Bonchev–Trinajstić information content (AvgIpc) is 2.35. The number of hydrogen-bond donors (Lipinski definition) is 2. The number of halogens is 2. The van der Waals surface area contributed by atoms with E-state index in [4.69, 9.17) is 17.3 Å². The number of para-hydroxylation sites is 1. The summed E-state index contributed by atoms with van der Waals surface area (Å²) >= 11 is 9.06. The Morgan fingerprint density at radius 3 is 2.68 bits per heavy atom. The van der Waals surface area contributed by atoms with Crippen molar-refractivity contribution in [3.05, 3.63) is 46.0 Å². The highest BCUT2D eigenvalue weighted by atomic mass is 79.9. The zero-order chi connectivity index (χ0) is 14.0. The number of hydrogen-bond acceptors (Lipinski definition) is 4. The van der Waals surface area contributed by atoms with Crippen LogP contribution in [0, 0.1) is 0 Å². The van der Waals surface area contributed by atoms with E-state index in [0.717, 1.165) is 0 Å². The fourth-order valence-electron chi connectivity index (χ4n) is 1.39. The van der Waals surface area contributed by atoms with Crippen molar-refractivity contribution in [2.75, 3.05) is 10.5 Å². The SMILES string of the molecule is Nc1ncc(Br)cc1S(=O)(=O)Nc1ccccc1Cl. The van der Waals surface area contributed by atoms with Crippen molar-refractivity contribution in [3.8, 4) is 0 Å². The van der Waals surface area contributed by atoms with E-state index in [1.54, 1.807) is 24.3 Å². The predicted molar refractivity (Wildman–Crippen MR) is 78.6 cm³/mol. The molecule has 0 aliphatic heterocycles. The summed E-state index contributed by atoms with van der Waals surface area (Å²) in [5, 5.41) is 0.299. The van der Waals surface area contributed by atoms with E-state index < -0.39 is 10.0 Å². The van der Waals surface area contributed by atoms with Crippen molar-refractivity contribution < 1.29 is 8.42 Å². The molecule has 0 aliphatic rings. The zero-order valence-corrected chi connectivity index (χ0v) is 12.6. The van der Waals surface area contributed by atoms with Gasteiger partial charge < -0.3 is 5.73 Å². The number of pyridine rings is 1. The van der Waals surface area contributed by atoms with Crippen LogP contribution in [0.3, 0.4) is 0 Å². The van der Waals surface area contributed by atoms with Gasteiger partial charge in [0.2, 0.25) is 0 Å². The highest BCUT2D eigenvalue weighted by Gasteiger charge is 2.20. The molecular weight excluding hydrogens is 354 g/mol. The number of nitrogens with two attached hydrogens (primary N) is 1. The lowest BCUT2D eigenvalue weighted by atomic mass is 10.3. The van der Waals surface area contributed by atoms with Gasteiger partial charge in [-0.25, -0.2) is 13.4 Å². The standard InChI is InChI=1S/C11H9BrClN3O2S/c12-7-5-10(11(14)15-6-7)19(17,18)16-9-4-2-1-3-8(9)13/h1-6,16H,(H2,14,15). The van der Waals surface area contributed by atoms with Crippen LogP contribution in [0.5, 0.6) is 0 Å². The molecule has 0 radical (unpaired) electrons. The van der Waals surface area contributed by atoms with Gasteiger partial charge in [-0.2, -0.15) is 0 Å². The average molecular weight is 363 g/mol. The molecule has 0 amide bonds. The first kappa shape index (κ1) is 14.1. The summed E-state index contributed by atoms with van der Waals surface area (Å²) in [5.74, 6) is -0.0808. The Morgan fingerprint density at radius 2 is 2.00 bits per heavy atom. The van der Waals surface area contributed by atoms with Gasteiger partial charge in [0.05, 0.1) is 10.7 Å². The van der Waals surface area contributed by atoms with Crippen LogP contribution in [-0.4, -0.2) is 13.4 Å². The number of aromatic nitrogens is 1. The van der Waals surface area contributed by atoms with Gasteiger partial charge >= 0.3 is 0 Å². The molecule has 8 heteroatoms. The molecule has 0 aliphatic carbocycles. The minimum atomic E-state index is -3.84. The normalized spacial score (nSPS) is 11.3. The van der Waals surface area contributed by atoms with Gasteiger partial charge in [0.15, 0.2) is 0 Å². The fraction of sp³-hybridized carbons (Fsp3) is 0. The van der Waals surface area contributed by atoms with Gasteiger partial charge in [0.1, 0.15) is 10.7 Å². The third-order valence-electron chi connectivity index (χ3n) is 2.26. The predicted octanol–water partition coefficient (Wildman–Crippen LogP) is 2.88. The van der Waals surface area contributed by atoms with E-state index >= 15 is 0 Å². The molecule has 1 heterocycles. The Hall–Kier alpha value is -1.31. The number of nitrogens with zero attached hydrogens (tertiary/aromatic N) is 1. The van der Waals surface area contributed by atoms with Crippen LogP contribution in [-0.2, 0) is 10.0 Å². The quantitative estimate of drug-likeness (QED) is 0.879. The molecule has 2 aromatic rings. The molecule has 1 aromatic carbocycles. The summed E-state index contributed by atoms with van der Waals surface area (Å²) in [4.78, 5) is 3.68. The van der Waals surface area contributed by atoms with Crippen LogP contribution in [0.25, 0.3) is 0 Å². The summed E-state index contributed by atoms with van der Waals surface area (Å²) < 4.78 is 27.3. The number of benzene rings is 1. The third kappa shape index (κ3) is 3.17. The lowest BCUT2D eigenvalue weighted by molar-refractivity contribution is 0.601. The number of anilines is 2. The molecule has 5 nitrogen and oxygen atoms in total. The minimum absolute atomic E-state index is 0.0808. The molecule has 0 spiro atoms. The molecule has 0 saturated heterocycles. The molecule has 0 unspecified atom stereocenters. The largest absolute Gasteiger partial charge is 0.383 e. The van der Waals surface area contributed by atoms with E-state index in [0.29, 0.717) is 9.50 Å². The van der Waals surface area contributed by atoms with Crippen LogP contribution < -0.4 is 10.5 Å². The first-order chi connectivity index (χ1) is 8.90. The Morgan fingerprint density at radius 1 is 1.32 bits per heavy atom. The third-order valence-corrected chi connectivity index (χ3v) is 4.41. The summed E-state index contributed by atoms with van der Waals surface area (Å²) in [5.41, 5.74) is 5.86. The highest BCUT2D eigenvalue weighted by Crippen LogP contribution is 2.26. The van der Waals surface area contributed by atoms with Gasteiger partial charge in [-0.15, -0.1) is 0 Å². The van der Waals surface area contributed by atoms with E-state index in [1.165, 1.54) is 12.3 Å². The second-order valence-corrected chi connectivity index (χ2v) is 6.60. The first-order valence-electron chi connectivity index (χ1n) is 5.08.